The van der Waals surface area contributed by atoms with Gasteiger partial charge in [0.15, 0.2) is 0 Å². The molecule has 4 atom stereocenters. The second-order valence-corrected chi connectivity index (χ2v) is 10.3. The van der Waals surface area contributed by atoms with Gasteiger partial charge in [-0.05, 0) is 75.6 Å². The van der Waals surface area contributed by atoms with Gasteiger partial charge < -0.3 is 20.3 Å². The van der Waals surface area contributed by atoms with Crippen molar-refractivity contribution in [3.05, 3.63) is 53.2 Å². The van der Waals surface area contributed by atoms with Crippen LogP contribution in [-0.4, -0.2) is 48.6 Å². The topological polar surface area (TPSA) is 83.6 Å². The van der Waals surface area contributed by atoms with E-state index >= 15 is 0 Å². The molecule has 1 saturated carbocycles. The number of amides is 2. The SMILES string of the molecule is COc1cccc(C(=O)NC2CC3CCCN(c4ccc(C(=O)N[C@@H](C)C(C)C)cn4)C3C2)c1C. The van der Waals surface area contributed by atoms with Gasteiger partial charge in [0.2, 0.25) is 0 Å². The van der Waals surface area contributed by atoms with Crippen LogP contribution in [0.15, 0.2) is 36.5 Å². The number of piperidine rings is 1. The van der Waals surface area contributed by atoms with Crippen molar-refractivity contribution in [1.82, 2.24) is 15.6 Å². The van der Waals surface area contributed by atoms with Gasteiger partial charge in [-0.3, -0.25) is 9.59 Å². The largest absolute Gasteiger partial charge is 0.496 e. The van der Waals surface area contributed by atoms with E-state index in [1.807, 2.05) is 44.2 Å². The van der Waals surface area contributed by atoms with Gasteiger partial charge >= 0.3 is 0 Å². The average molecular weight is 479 g/mol. The van der Waals surface area contributed by atoms with Crippen LogP contribution in [0.5, 0.6) is 5.75 Å². The minimum absolute atomic E-state index is 0.0410. The van der Waals surface area contributed by atoms with Gasteiger partial charge in [0.05, 0.1) is 12.7 Å². The van der Waals surface area contributed by atoms with Crippen LogP contribution >= 0.6 is 0 Å². The molecule has 0 bridgehead atoms. The molecule has 1 aliphatic carbocycles. The lowest BCUT2D eigenvalue weighted by atomic mass is 9.92. The number of benzene rings is 1. The number of ether oxygens (including phenoxy) is 1. The number of nitrogens with zero attached hydrogens (tertiary/aromatic N) is 2. The summed E-state index contributed by atoms with van der Waals surface area (Å²) in [7, 11) is 1.62. The van der Waals surface area contributed by atoms with E-state index in [2.05, 4.69) is 34.4 Å². The normalized spacial score (nSPS) is 22.5. The quantitative estimate of drug-likeness (QED) is 0.618. The van der Waals surface area contributed by atoms with Crippen molar-refractivity contribution in [3.8, 4) is 5.75 Å². The van der Waals surface area contributed by atoms with Crippen molar-refractivity contribution in [2.45, 2.75) is 71.5 Å². The number of fused-ring (bicyclic) bond motifs is 1. The summed E-state index contributed by atoms with van der Waals surface area (Å²) in [6, 6.07) is 10.00. The molecule has 2 amide bonds. The fraction of sp³-hybridized carbons (Fsp3) is 0.536. The molecule has 0 radical (unpaired) electrons. The molecule has 3 unspecified atom stereocenters. The lowest BCUT2D eigenvalue weighted by Gasteiger charge is -2.38. The number of pyridine rings is 1. The lowest BCUT2D eigenvalue weighted by molar-refractivity contribution is 0.0924. The Kier molecular flexibility index (Phi) is 7.63. The summed E-state index contributed by atoms with van der Waals surface area (Å²) in [5.74, 6) is 2.41. The first-order valence-electron chi connectivity index (χ1n) is 12.8. The molecule has 2 fully saturated rings. The van der Waals surface area contributed by atoms with Gasteiger partial charge in [-0.15, -0.1) is 0 Å². The summed E-state index contributed by atoms with van der Waals surface area (Å²) in [6.45, 7) is 9.06. The molecule has 2 N–H and O–H groups in total. The molecule has 0 spiro atoms. The smallest absolute Gasteiger partial charge is 0.253 e. The van der Waals surface area contributed by atoms with Gasteiger partial charge in [0.25, 0.3) is 11.8 Å². The Morgan fingerprint density at radius 2 is 1.91 bits per heavy atom. The molecule has 4 rings (SSSR count). The molecule has 35 heavy (non-hydrogen) atoms. The zero-order valence-corrected chi connectivity index (χ0v) is 21.5. The Balaban J connectivity index is 1.41. The lowest BCUT2D eigenvalue weighted by Crippen LogP contribution is -2.43. The van der Waals surface area contributed by atoms with Gasteiger partial charge in [-0.2, -0.15) is 0 Å². The highest BCUT2D eigenvalue weighted by Gasteiger charge is 2.41. The highest BCUT2D eigenvalue weighted by atomic mass is 16.5. The number of nitrogens with one attached hydrogen (secondary N) is 2. The van der Waals surface area contributed by atoms with Gasteiger partial charge in [0.1, 0.15) is 11.6 Å². The van der Waals surface area contributed by atoms with Crippen LogP contribution in [0.2, 0.25) is 0 Å². The van der Waals surface area contributed by atoms with Crippen molar-refractivity contribution in [1.29, 1.82) is 0 Å². The first kappa shape index (κ1) is 25.0. The van der Waals surface area contributed by atoms with Crippen molar-refractivity contribution in [3.63, 3.8) is 0 Å². The molecule has 2 heterocycles. The van der Waals surface area contributed by atoms with E-state index in [4.69, 9.17) is 4.74 Å². The van der Waals surface area contributed by atoms with Gasteiger partial charge in [0, 0.05) is 42.0 Å². The van der Waals surface area contributed by atoms with E-state index in [9.17, 15) is 9.59 Å². The fourth-order valence-electron chi connectivity index (χ4n) is 5.38. The van der Waals surface area contributed by atoms with E-state index in [1.54, 1.807) is 13.3 Å². The van der Waals surface area contributed by atoms with Crippen LogP contribution in [0.3, 0.4) is 0 Å². The Hall–Kier alpha value is -3.09. The Bertz CT molecular complexity index is 1050. The van der Waals surface area contributed by atoms with Crippen LogP contribution in [0.25, 0.3) is 0 Å². The predicted octanol–water partition coefficient (Wildman–Crippen LogP) is 4.35. The molecule has 7 heteroatoms. The minimum atomic E-state index is -0.0850. The number of rotatable bonds is 7. The molecule has 1 aromatic carbocycles. The maximum atomic E-state index is 13.0. The first-order chi connectivity index (χ1) is 16.8. The average Bonchev–Trinajstić information content (AvgIpc) is 3.26. The molecule has 1 aliphatic heterocycles. The summed E-state index contributed by atoms with van der Waals surface area (Å²) in [5.41, 5.74) is 2.11. The number of carbonyl (C=O) groups is 2. The van der Waals surface area contributed by atoms with Crippen LogP contribution in [0, 0.1) is 18.8 Å². The summed E-state index contributed by atoms with van der Waals surface area (Å²) >= 11 is 0. The van der Waals surface area contributed by atoms with Crippen LogP contribution in [-0.2, 0) is 0 Å². The number of aromatic nitrogens is 1. The first-order valence-corrected chi connectivity index (χ1v) is 12.8. The number of carbonyl (C=O) groups excluding carboxylic acids is 2. The molecule has 1 aromatic heterocycles. The summed E-state index contributed by atoms with van der Waals surface area (Å²) in [5, 5.41) is 6.31. The summed E-state index contributed by atoms with van der Waals surface area (Å²) in [6.07, 6.45) is 5.83. The molecular weight excluding hydrogens is 440 g/mol. The minimum Gasteiger partial charge on any atom is -0.496 e. The van der Waals surface area contributed by atoms with E-state index in [0.717, 1.165) is 42.9 Å². The number of hydrogen-bond acceptors (Lipinski definition) is 5. The third-order valence-corrected chi connectivity index (χ3v) is 7.78. The maximum Gasteiger partial charge on any atom is 0.253 e. The monoisotopic (exact) mass is 478 g/mol. The molecule has 1 saturated heterocycles. The van der Waals surface area contributed by atoms with E-state index in [1.165, 1.54) is 6.42 Å². The third kappa shape index (κ3) is 5.44. The summed E-state index contributed by atoms with van der Waals surface area (Å²) in [4.78, 5) is 32.6. The van der Waals surface area contributed by atoms with E-state index in [-0.39, 0.29) is 23.9 Å². The standard InChI is InChI=1S/C28H38N4O3/c1-17(2)19(4)30-27(33)21-11-12-26(29-16-21)32-13-7-8-20-14-22(15-24(20)32)31-28(34)23-9-6-10-25(35-5)18(23)3/h6,9-12,16-17,19-20,22,24H,7-8,13-15H2,1-5H3,(H,30,33)(H,31,34)/t19-,20?,22?,24?/m0/s1. The number of hydrogen-bond donors (Lipinski definition) is 2. The molecule has 2 aliphatic rings. The second-order valence-electron chi connectivity index (χ2n) is 10.3. The fourth-order valence-corrected chi connectivity index (χ4v) is 5.38. The van der Waals surface area contributed by atoms with Gasteiger partial charge in [-0.1, -0.05) is 19.9 Å². The molecule has 2 aromatic rings. The van der Waals surface area contributed by atoms with Crippen molar-refractivity contribution >= 4 is 17.6 Å². The summed E-state index contributed by atoms with van der Waals surface area (Å²) < 4.78 is 5.38. The Labute approximate surface area is 208 Å². The molecule has 7 nitrogen and oxygen atoms in total. The number of methoxy groups -OCH3 is 1. The highest BCUT2D eigenvalue weighted by Crippen LogP contribution is 2.39. The van der Waals surface area contributed by atoms with E-state index in [0.29, 0.717) is 29.0 Å². The Morgan fingerprint density at radius 3 is 2.60 bits per heavy atom. The van der Waals surface area contributed by atoms with Crippen molar-refractivity contribution in [2.75, 3.05) is 18.6 Å². The van der Waals surface area contributed by atoms with Crippen molar-refractivity contribution in [2.24, 2.45) is 11.8 Å². The Morgan fingerprint density at radius 1 is 1.11 bits per heavy atom. The molecular formula is C28H38N4O3. The zero-order chi connectivity index (χ0) is 25.1. The number of anilines is 1. The van der Waals surface area contributed by atoms with Crippen molar-refractivity contribution < 1.29 is 14.3 Å². The second kappa shape index (κ2) is 10.7. The molecule has 188 valence electrons. The van der Waals surface area contributed by atoms with Crippen LogP contribution in [0.1, 0.15) is 72.7 Å². The third-order valence-electron chi connectivity index (χ3n) is 7.78. The van der Waals surface area contributed by atoms with Crippen LogP contribution < -0.4 is 20.3 Å². The van der Waals surface area contributed by atoms with Crippen LogP contribution in [0.4, 0.5) is 5.82 Å². The highest BCUT2D eigenvalue weighted by molar-refractivity contribution is 5.96. The maximum absolute atomic E-state index is 13.0. The van der Waals surface area contributed by atoms with E-state index < -0.39 is 0 Å². The predicted molar refractivity (Wildman–Crippen MR) is 138 cm³/mol. The zero-order valence-electron chi connectivity index (χ0n) is 21.5. The van der Waals surface area contributed by atoms with Gasteiger partial charge in [-0.25, -0.2) is 4.98 Å².